The summed E-state index contributed by atoms with van der Waals surface area (Å²) in [5.41, 5.74) is 1.42. The van der Waals surface area contributed by atoms with E-state index < -0.39 is 22.7 Å². The van der Waals surface area contributed by atoms with Gasteiger partial charge in [0.15, 0.2) is 5.69 Å². The number of nitrogens with zero attached hydrogens (tertiary/aromatic N) is 2. The van der Waals surface area contributed by atoms with Gasteiger partial charge >= 0.3 is 6.18 Å². The molecule has 0 bridgehead atoms. The Kier molecular flexibility index (Phi) is 4.30. The summed E-state index contributed by atoms with van der Waals surface area (Å²) in [6, 6.07) is 12.1. The number of hydrogen-bond donors (Lipinski definition) is 1. The van der Waals surface area contributed by atoms with Crippen molar-refractivity contribution >= 4 is 22.9 Å². The number of carbonyl (C=O) groups is 1. The third-order valence-corrected chi connectivity index (χ3v) is 3.98. The second-order valence-electron chi connectivity index (χ2n) is 4.74. The number of rotatable bonds is 3. The van der Waals surface area contributed by atoms with Gasteiger partial charge in [-0.3, -0.25) is 9.78 Å². The molecule has 122 valence electrons. The zero-order chi connectivity index (χ0) is 17.2. The van der Waals surface area contributed by atoms with Crippen molar-refractivity contribution in [2.24, 2.45) is 0 Å². The number of carbonyl (C=O) groups excluding carboxylic acids is 1. The number of para-hydroxylation sites is 1. The number of hydrogen-bond acceptors (Lipinski definition) is 4. The first-order valence-electron chi connectivity index (χ1n) is 6.79. The highest BCUT2D eigenvalue weighted by Gasteiger charge is 2.38. The van der Waals surface area contributed by atoms with Gasteiger partial charge in [-0.1, -0.05) is 24.3 Å². The fourth-order valence-corrected chi connectivity index (χ4v) is 2.83. The Morgan fingerprint density at radius 2 is 1.79 bits per heavy atom. The summed E-state index contributed by atoms with van der Waals surface area (Å²) >= 11 is 0.647. The maximum Gasteiger partial charge on any atom is 0.434 e. The predicted octanol–water partition coefficient (Wildman–Crippen LogP) is 4.48. The lowest BCUT2D eigenvalue weighted by Gasteiger charge is -2.11. The van der Waals surface area contributed by atoms with Gasteiger partial charge < -0.3 is 5.32 Å². The molecule has 1 N–H and O–H groups in total. The van der Waals surface area contributed by atoms with E-state index in [9.17, 15) is 18.0 Å². The lowest BCUT2D eigenvalue weighted by Crippen LogP contribution is -2.17. The summed E-state index contributed by atoms with van der Waals surface area (Å²) in [4.78, 5) is 19.2. The SMILES string of the molecule is O=C(Nc1ccccc1-c1ccccn1)c1scnc1C(F)(F)F. The van der Waals surface area contributed by atoms with Crippen molar-refractivity contribution in [3.05, 3.63) is 64.7 Å². The Morgan fingerprint density at radius 3 is 2.50 bits per heavy atom. The van der Waals surface area contributed by atoms with Gasteiger partial charge in [0.2, 0.25) is 0 Å². The monoisotopic (exact) mass is 349 g/mol. The Labute approximate surface area is 139 Å². The molecular weight excluding hydrogens is 339 g/mol. The van der Waals surface area contributed by atoms with Gasteiger partial charge in [0, 0.05) is 11.8 Å². The molecule has 0 aliphatic rings. The summed E-state index contributed by atoms with van der Waals surface area (Å²) < 4.78 is 38.6. The summed E-state index contributed by atoms with van der Waals surface area (Å²) in [7, 11) is 0. The van der Waals surface area contributed by atoms with Crippen LogP contribution in [0, 0.1) is 0 Å². The number of nitrogens with one attached hydrogen (secondary N) is 1. The average molecular weight is 349 g/mol. The van der Waals surface area contributed by atoms with E-state index in [4.69, 9.17) is 0 Å². The number of amides is 1. The molecule has 0 saturated heterocycles. The van der Waals surface area contributed by atoms with Crippen LogP contribution >= 0.6 is 11.3 Å². The Balaban J connectivity index is 1.93. The van der Waals surface area contributed by atoms with Crippen LogP contribution in [0.2, 0.25) is 0 Å². The van der Waals surface area contributed by atoms with Crippen LogP contribution in [0.1, 0.15) is 15.4 Å². The molecular formula is C16H10F3N3OS. The summed E-state index contributed by atoms with van der Waals surface area (Å²) in [6.45, 7) is 0. The third kappa shape index (κ3) is 3.28. The minimum Gasteiger partial charge on any atom is -0.321 e. The molecule has 0 unspecified atom stereocenters. The van der Waals surface area contributed by atoms with E-state index >= 15 is 0 Å². The molecule has 24 heavy (non-hydrogen) atoms. The van der Waals surface area contributed by atoms with Gasteiger partial charge in [-0.05, 0) is 18.2 Å². The average Bonchev–Trinajstić information content (AvgIpc) is 3.06. The van der Waals surface area contributed by atoms with Crippen molar-refractivity contribution in [3.63, 3.8) is 0 Å². The number of alkyl halides is 3. The Bertz CT molecular complexity index is 862. The molecule has 0 radical (unpaired) electrons. The van der Waals surface area contributed by atoms with Crippen molar-refractivity contribution in [1.82, 2.24) is 9.97 Å². The largest absolute Gasteiger partial charge is 0.434 e. The number of pyridine rings is 1. The molecule has 1 aromatic carbocycles. The standard InChI is InChI=1S/C16H10F3N3OS/c17-16(18,19)14-13(24-9-21-14)15(23)22-12-7-2-1-5-10(12)11-6-3-4-8-20-11/h1-9H,(H,22,23). The van der Waals surface area contributed by atoms with Crippen LogP contribution < -0.4 is 5.32 Å². The molecule has 8 heteroatoms. The van der Waals surface area contributed by atoms with E-state index in [1.165, 1.54) is 0 Å². The zero-order valence-electron chi connectivity index (χ0n) is 12.0. The quantitative estimate of drug-likeness (QED) is 0.759. The first kappa shape index (κ1) is 16.1. The second-order valence-corrected chi connectivity index (χ2v) is 5.60. The molecule has 2 aromatic heterocycles. The minimum absolute atomic E-state index is 0.378. The van der Waals surface area contributed by atoms with Crippen molar-refractivity contribution < 1.29 is 18.0 Å². The molecule has 0 spiro atoms. The maximum atomic E-state index is 12.9. The van der Waals surface area contributed by atoms with Gasteiger partial charge in [0.05, 0.1) is 16.9 Å². The topological polar surface area (TPSA) is 54.9 Å². The number of anilines is 1. The number of halogens is 3. The van der Waals surface area contributed by atoms with Crippen LogP contribution in [0.3, 0.4) is 0 Å². The van der Waals surface area contributed by atoms with Crippen LogP contribution in [0.4, 0.5) is 18.9 Å². The lowest BCUT2D eigenvalue weighted by molar-refractivity contribution is -0.141. The zero-order valence-corrected chi connectivity index (χ0v) is 12.9. The van der Waals surface area contributed by atoms with Crippen molar-refractivity contribution in [2.75, 3.05) is 5.32 Å². The van der Waals surface area contributed by atoms with E-state index in [1.807, 2.05) is 0 Å². The molecule has 2 heterocycles. The van der Waals surface area contributed by atoms with Gasteiger partial charge in [-0.15, -0.1) is 11.3 Å². The summed E-state index contributed by atoms with van der Waals surface area (Å²) in [5, 5.41) is 2.52. The van der Waals surface area contributed by atoms with Gasteiger partial charge in [0.25, 0.3) is 5.91 Å². The molecule has 0 fully saturated rings. The van der Waals surface area contributed by atoms with E-state index in [0.29, 0.717) is 28.3 Å². The molecule has 0 saturated carbocycles. The van der Waals surface area contributed by atoms with Crippen LogP contribution in [0.5, 0.6) is 0 Å². The van der Waals surface area contributed by atoms with E-state index in [0.717, 1.165) is 5.51 Å². The number of benzene rings is 1. The number of aromatic nitrogens is 2. The van der Waals surface area contributed by atoms with Gasteiger partial charge in [-0.25, -0.2) is 4.98 Å². The smallest absolute Gasteiger partial charge is 0.321 e. The first-order chi connectivity index (χ1) is 11.5. The molecule has 3 rings (SSSR count). The highest BCUT2D eigenvalue weighted by Crippen LogP contribution is 2.33. The Morgan fingerprint density at radius 1 is 1.04 bits per heavy atom. The van der Waals surface area contributed by atoms with Crippen molar-refractivity contribution in [2.45, 2.75) is 6.18 Å². The predicted molar refractivity (Wildman–Crippen MR) is 84.7 cm³/mol. The van der Waals surface area contributed by atoms with Crippen LogP contribution in [0.25, 0.3) is 11.3 Å². The summed E-state index contributed by atoms with van der Waals surface area (Å²) in [5.74, 6) is -0.854. The van der Waals surface area contributed by atoms with Gasteiger partial charge in [0.1, 0.15) is 4.88 Å². The van der Waals surface area contributed by atoms with Crippen LogP contribution in [0.15, 0.2) is 54.2 Å². The Hall–Kier alpha value is -2.74. The molecule has 0 aliphatic carbocycles. The van der Waals surface area contributed by atoms with E-state index in [1.54, 1.807) is 48.7 Å². The molecule has 4 nitrogen and oxygen atoms in total. The molecule has 0 atom stereocenters. The van der Waals surface area contributed by atoms with Crippen molar-refractivity contribution in [3.8, 4) is 11.3 Å². The van der Waals surface area contributed by atoms with E-state index in [2.05, 4.69) is 15.3 Å². The van der Waals surface area contributed by atoms with Crippen molar-refractivity contribution in [1.29, 1.82) is 0 Å². The maximum absolute atomic E-state index is 12.9. The molecule has 3 aromatic rings. The van der Waals surface area contributed by atoms with E-state index in [-0.39, 0.29) is 0 Å². The first-order valence-corrected chi connectivity index (χ1v) is 7.67. The third-order valence-electron chi connectivity index (χ3n) is 3.16. The lowest BCUT2D eigenvalue weighted by atomic mass is 10.1. The van der Waals surface area contributed by atoms with Crippen LogP contribution in [-0.2, 0) is 6.18 Å². The fourth-order valence-electron chi connectivity index (χ4n) is 2.13. The van der Waals surface area contributed by atoms with Gasteiger partial charge in [-0.2, -0.15) is 13.2 Å². The normalized spacial score (nSPS) is 11.3. The second kappa shape index (κ2) is 6.40. The number of thiazole rings is 1. The molecule has 0 aliphatic heterocycles. The minimum atomic E-state index is -4.67. The fraction of sp³-hybridized carbons (Fsp3) is 0.0625. The van der Waals surface area contributed by atoms with Crippen LogP contribution in [-0.4, -0.2) is 15.9 Å². The highest BCUT2D eigenvalue weighted by atomic mass is 32.1. The highest BCUT2D eigenvalue weighted by molar-refractivity contribution is 7.12. The molecule has 1 amide bonds. The summed E-state index contributed by atoms with van der Waals surface area (Å²) in [6.07, 6.45) is -3.08.